The topological polar surface area (TPSA) is 61.8 Å². The average molecular weight is 326 g/mol. The van der Waals surface area contributed by atoms with E-state index < -0.39 is 17.4 Å². The number of carbonyl (C=O) groups excluding carboxylic acids is 2. The van der Waals surface area contributed by atoms with Crippen LogP contribution in [0.3, 0.4) is 0 Å². The number of allylic oxidation sites excluding steroid dienone is 2. The minimum Gasteiger partial charge on any atom is -0.460 e. The van der Waals surface area contributed by atoms with Crippen molar-refractivity contribution in [2.75, 3.05) is 13.2 Å². The van der Waals surface area contributed by atoms with E-state index in [1.54, 1.807) is 18.2 Å². The number of ketones is 1. The van der Waals surface area contributed by atoms with Crippen LogP contribution in [0.5, 0.6) is 0 Å². The molecule has 0 saturated carbocycles. The molecule has 1 aliphatic carbocycles. The second kappa shape index (κ2) is 6.19. The second-order valence-electron chi connectivity index (χ2n) is 5.64. The van der Waals surface area contributed by atoms with Crippen molar-refractivity contribution in [1.29, 1.82) is 0 Å². The Kier molecular flexibility index (Phi) is 4.22. The molecular weight excluding hydrogens is 308 g/mol. The summed E-state index contributed by atoms with van der Waals surface area (Å²) in [7, 11) is 0. The molecule has 1 atom stereocenters. The van der Waals surface area contributed by atoms with Gasteiger partial charge in [0.05, 0.1) is 6.61 Å². The molecule has 1 aromatic rings. The van der Waals surface area contributed by atoms with Crippen molar-refractivity contribution in [2.45, 2.75) is 18.3 Å². The summed E-state index contributed by atoms with van der Waals surface area (Å²) in [5.74, 6) is -1.79. The maximum absolute atomic E-state index is 11.5. The first-order valence-corrected chi connectivity index (χ1v) is 7.62. The summed E-state index contributed by atoms with van der Waals surface area (Å²) in [6.45, 7) is 5.11. The third-order valence-corrected chi connectivity index (χ3v) is 3.98. The maximum atomic E-state index is 11.5. The van der Waals surface area contributed by atoms with Crippen LogP contribution in [-0.2, 0) is 35.2 Å². The van der Waals surface area contributed by atoms with Crippen molar-refractivity contribution >= 4 is 11.8 Å². The van der Waals surface area contributed by atoms with Gasteiger partial charge in [0.15, 0.2) is 5.78 Å². The zero-order valence-corrected chi connectivity index (χ0v) is 13.4. The minimum absolute atomic E-state index is 0.0927. The summed E-state index contributed by atoms with van der Waals surface area (Å²) in [6, 6.07) is 7.53. The molecule has 0 radical (unpaired) electrons. The molecule has 2 aliphatic rings. The van der Waals surface area contributed by atoms with Gasteiger partial charge in [0.25, 0.3) is 0 Å². The number of rotatable bonds is 5. The van der Waals surface area contributed by atoms with Crippen LogP contribution < -0.4 is 0 Å². The predicted molar refractivity (Wildman–Crippen MR) is 87.0 cm³/mol. The van der Waals surface area contributed by atoms with Crippen LogP contribution in [-0.4, -0.2) is 25.0 Å². The first-order valence-electron chi connectivity index (χ1n) is 7.62. The lowest BCUT2D eigenvalue weighted by atomic mass is 9.87. The molecule has 1 aromatic carbocycles. The lowest BCUT2D eigenvalue weighted by Crippen LogP contribution is -2.39. The van der Waals surface area contributed by atoms with Crippen LogP contribution in [0, 0.1) is 0 Å². The summed E-state index contributed by atoms with van der Waals surface area (Å²) < 4.78 is 17.4. The predicted octanol–water partition coefficient (Wildman–Crippen LogP) is 2.53. The highest BCUT2D eigenvalue weighted by atomic mass is 16.7. The van der Waals surface area contributed by atoms with Crippen LogP contribution in [0.4, 0.5) is 0 Å². The summed E-state index contributed by atoms with van der Waals surface area (Å²) in [4.78, 5) is 22.8. The Morgan fingerprint density at radius 3 is 2.54 bits per heavy atom. The zero-order valence-electron chi connectivity index (χ0n) is 13.4. The molecule has 1 heterocycles. The van der Waals surface area contributed by atoms with Crippen molar-refractivity contribution in [3.8, 4) is 0 Å². The lowest BCUT2D eigenvalue weighted by Gasteiger charge is -2.32. The molecule has 0 aromatic heterocycles. The monoisotopic (exact) mass is 326 g/mol. The normalized spacial score (nSPS) is 23.3. The Balaban J connectivity index is 2.08. The van der Waals surface area contributed by atoms with Gasteiger partial charge in [-0.3, -0.25) is 9.59 Å². The van der Waals surface area contributed by atoms with E-state index in [1.165, 1.54) is 19.1 Å². The summed E-state index contributed by atoms with van der Waals surface area (Å²) in [6.07, 6.45) is 7.92. The van der Waals surface area contributed by atoms with Gasteiger partial charge in [-0.05, 0) is 24.3 Å². The second-order valence-corrected chi connectivity index (χ2v) is 5.64. The van der Waals surface area contributed by atoms with Crippen LogP contribution >= 0.6 is 0 Å². The largest absolute Gasteiger partial charge is 0.460 e. The van der Waals surface area contributed by atoms with Gasteiger partial charge in [0.2, 0.25) is 5.79 Å². The van der Waals surface area contributed by atoms with Crippen LogP contribution in [0.1, 0.15) is 18.1 Å². The molecule has 1 aliphatic heterocycles. The highest BCUT2D eigenvalue weighted by molar-refractivity contribution is 6.00. The fraction of sp³-hybridized carbons (Fsp3) is 0.263. The smallest absolute Gasteiger partial charge is 0.302 e. The zero-order chi connectivity index (χ0) is 17.2. The first-order chi connectivity index (χ1) is 11.5. The van der Waals surface area contributed by atoms with Gasteiger partial charge in [0, 0.05) is 18.1 Å². The molecular formula is C19H18O5. The molecule has 0 saturated heterocycles. The third-order valence-electron chi connectivity index (χ3n) is 3.98. The van der Waals surface area contributed by atoms with Gasteiger partial charge in [-0.2, -0.15) is 0 Å². The number of fused-ring (bicyclic) bond motifs is 2. The number of carbonyl (C=O) groups is 2. The van der Waals surface area contributed by atoms with Gasteiger partial charge < -0.3 is 14.2 Å². The summed E-state index contributed by atoms with van der Waals surface area (Å²) in [5.41, 5.74) is 0.684. The molecule has 3 rings (SSSR count). The number of benzene rings is 1. The number of ether oxygens (including phenoxy) is 3. The highest BCUT2D eigenvalue weighted by Crippen LogP contribution is 2.50. The summed E-state index contributed by atoms with van der Waals surface area (Å²) in [5, 5.41) is 0. The Hall–Kier alpha value is -2.50. The van der Waals surface area contributed by atoms with E-state index >= 15 is 0 Å². The molecule has 24 heavy (non-hydrogen) atoms. The molecule has 124 valence electrons. The Morgan fingerprint density at radius 1 is 1.25 bits per heavy atom. The molecule has 0 amide bonds. The molecule has 0 N–H and O–H groups in total. The molecule has 5 heteroatoms. The van der Waals surface area contributed by atoms with Crippen LogP contribution in [0.2, 0.25) is 0 Å². The van der Waals surface area contributed by atoms with Gasteiger partial charge in [-0.15, -0.1) is 6.58 Å². The van der Waals surface area contributed by atoms with Crippen molar-refractivity contribution in [3.63, 3.8) is 0 Å². The van der Waals surface area contributed by atoms with Gasteiger partial charge >= 0.3 is 5.97 Å². The number of hydrogen-bond acceptors (Lipinski definition) is 5. The fourth-order valence-corrected chi connectivity index (χ4v) is 2.96. The van der Waals surface area contributed by atoms with E-state index in [1.807, 2.05) is 24.3 Å². The van der Waals surface area contributed by atoms with Crippen LogP contribution in [0.25, 0.3) is 0 Å². The number of esters is 1. The van der Waals surface area contributed by atoms with E-state index in [0.717, 1.165) is 11.1 Å². The van der Waals surface area contributed by atoms with E-state index in [0.29, 0.717) is 0 Å². The van der Waals surface area contributed by atoms with Crippen LogP contribution in [0.15, 0.2) is 61.2 Å². The fourth-order valence-electron chi connectivity index (χ4n) is 2.96. The minimum atomic E-state index is -1.26. The van der Waals surface area contributed by atoms with Gasteiger partial charge in [-0.25, -0.2) is 0 Å². The average Bonchev–Trinajstić information content (AvgIpc) is 2.85. The van der Waals surface area contributed by atoms with Crippen molar-refractivity contribution in [2.24, 2.45) is 0 Å². The Labute approximate surface area is 140 Å². The van der Waals surface area contributed by atoms with E-state index in [-0.39, 0.29) is 19.0 Å². The Morgan fingerprint density at radius 2 is 1.92 bits per heavy atom. The molecule has 1 unspecified atom stereocenters. The van der Waals surface area contributed by atoms with E-state index in [4.69, 9.17) is 14.2 Å². The SMILES string of the molecule is C=CCOC1(COC(C)=O)OC2(C=CC(=O)C=C2)c2ccccc21. The molecule has 0 bridgehead atoms. The molecule has 1 spiro atoms. The van der Waals surface area contributed by atoms with Gasteiger partial charge in [-0.1, -0.05) is 30.3 Å². The first kappa shape index (κ1) is 16.4. The standard InChI is InChI=1S/C19H18O5/c1-3-12-23-19(13-22-14(2)20)17-7-5-4-6-16(17)18(24-19)10-8-15(21)9-11-18/h3-11H,1,12-13H2,2H3. The highest BCUT2D eigenvalue weighted by Gasteiger charge is 2.53. The Bertz CT molecular complexity index is 730. The number of hydrogen-bond donors (Lipinski definition) is 0. The maximum Gasteiger partial charge on any atom is 0.302 e. The third kappa shape index (κ3) is 2.72. The van der Waals surface area contributed by atoms with E-state index in [9.17, 15) is 9.59 Å². The quantitative estimate of drug-likeness (QED) is 0.615. The van der Waals surface area contributed by atoms with Crippen molar-refractivity contribution in [1.82, 2.24) is 0 Å². The van der Waals surface area contributed by atoms with Crippen molar-refractivity contribution in [3.05, 3.63) is 72.4 Å². The van der Waals surface area contributed by atoms with E-state index in [2.05, 4.69) is 6.58 Å². The molecule has 5 nitrogen and oxygen atoms in total. The molecule has 0 fully saturated rings. The van der Waals surface area contributed by atoms with Gasteiger partial charge in [0.1, 0.15) is 12.2 Å². The lowest BCUT2D eigenvalue weighted by molar-refractivity contribution is -0.278. The summed E-state index contributed by atoms with van der Waals surface area (Å²) >= 11 is 0. The van der Waals surface area contributed by atoms with Crippen molar-refractivity contribution < 1.29 is 23.8 Å².